The summed E-state index contributed by atoms with van der Waals surface area (Å²) in [7, 11) is 0. The summed E-state index contributed by atoms with van der Waals surface area (Å²) in [5.74, 6) is -0.0960. The molecule has 0 radical (unpaired) electrons. The predicted molar refractivity (Wildman–Crippen MR) is 97.7 cm³/mol. The first kappa shape index (κ1) is 14.8. The Kier molecular flexibility index (Phi) is 4.00. The molecule has 0 bridgehead atoms. The van der Waals surface area contributed by atoms with Crippen molar-refractivity contribution >= 4 is 51.7 Å². The normalized spacial score (nSPS) is 16.6. The van der Waals surface area contributed by atoms with Gasteiger partial charge in [-0.25, -0.2) is 0 Å². The maximum Gasteiger partial charge on any atom is 0.270 e. The standard InChI is InChI=1S/C17H14N2OS2/c1-11-3-2-4-12(9-11)10-15-16(20)19(17(21)22-15)14-7-5-13(18)6-8-14/h2-10H,18H2,1H3/b15-10+. The molecule has 5 heteroatoms. The summed E-state index contributed by atoms with van der Waals surface area (Å²) in [5.41, 5.74) is 9.24. The molecule has 0 spiro atoms. The number of thiocarbonyl (C=S) groups is 1. The molecule has 1 amide bonds. The van der Waals surface area contributed by atoms with Crippen LogP contribution in [0, 0.1) is 6.92 Å². The second-order valence-electron chi connectivity index (χ2n) is 5.02. The van der Waals surface area contributed by atoms with Gasteiger partial charge >= 0.3 is 0 Å². The van der Waals surface area contributed by atoms with Crippen LogP contribution in [0.25, 0.3) is 6.08 Å². The van der Waals surface area contributed by atoms with Crippen LogP contribution in [0.1, 0.15) is 11.1 Å². The molecule has 3 rings (SSSR count). The van der Waals surface area contributed by atoms with E-state index in [0.717, 1.165) is 16.8 Å². The van der Waals surface area contributed by atoms with Gasteiger partial charge in [0.25, 0.3) is 5.91 Å². The van der Waals surface area contributed by atoms with E-state index in [2.05, 4.69) is 0 Å². The smallest absolute Gasteiger partial charge is 0.270 e. The molecule has 2 aromatic carbocycles. The number of nitrogens with zero attached hydrogens (tertiary/aromatic N) is 1. The van der Waals surface area contributed by atoms with Crippen molar-refractivity contribution in [3.8, 4) is 0 Å². The number of rotatable bonds is 2. The van der Waals surface area contributed by atoms with Crippen LogP contribution in [-0.4, -0.2) is 10.2 Å². The van der Waals surface area contributed by atoms with Gasteiger partial charge < -0.3 is 5.73 Å². The topological polar surface area (TPSA) is 46.3 Å². The molecule has 110 valence electrons. The minimum atomic E-state index is -0.0960. The number of carbonyl (C=O) groups excluding carboxylic acids is 1. The first-order valence-corrected chi connectivity index (χ1v) is 7.97. The number of benzene rings is 2. The van der Waals surface area contributed by atoms with Gasteiger partial charge in [0, 0.05) is 5.69 Å². The highest BCUT2D eigenvalue weighted by Crippen LogP contribution is 2.36. The van der Waals surface area contributed by atoms with E-state index in [1.165, 1.54) is 11.8 Å². The average molecular weight is 326 g/mol. The molecule has 1 fully saturated rings. The third kappa shape index (κ3) is 2.91. The van der Waals surface area contributed by atoms with E-state index in [-0.39, 0.29) is 5.91 Å². The number of carbonyl (C=O) groups is 1. The van der Waals surface area contributed by atoms with E-state index >= 15 is 0 Å². The second kappa shape index (κ2) is 5.94. The van der Waals surface area contributed by atoms with Gasteiger partial charge in [-0.1, -0.05) is 53.8 Å². The predicted octanol–water partition coefficient (Wildman–Crippen LogP) is 3.98. The lowest BCUT2D eigenvalue weighted by atomic mass is 10.1. The van der Waals surface area contributed by atoms with Crippen LogP contribution < -0.4 is 10.6 Å². The summed E-state index contributed by atoms with van der Waals surface area (Å²) in [5, 5.41) is 0. The van der Waals surface area contributed by atoms with Gasteiger partial charge in [0.05, 0.1) is 10.6 Å². The summed E-state index contributed by atoms with van der Waals surface area (Å²) in [6.07, 6.45) is 1.88. The van der Waals surface area contributed by atoms with E-state index in [0.29, 0.717) is 14.9 Å². The second-order valence-corrected chi connectivity index (χ2v) is 6.70. The van der Waals surface area contributed by atoms with Crippen molar-refractivity contribution in [2.75, 3.05) is 10.6 Å². The van der Waals surface area contributed by atoms with Gasteiger partial charge in [-0.3, -0.25) is 9.69 Å². The van der Waals surface area contributed by atoms with Gasteiger partial charge in [0.2, 0.25) is 0 Å². The molecule has 1 heterocycles. The third-order valence-electron chi connectivity index (χ3n) is 3.28. The van der Waals surface area contributed by atoms with Crippen molar-refractivity contribution < 1.29 is 4.79 Å². The molecular weight excluding hydrogens is 312 g/mol. The fraction of sp³-hybridized carbons (Fsp3) is 0.0588. The molecule has 1 aliphatic heterocycles. The Morgan fingerprint density at radius 3 is 2.59 bits per heavy atom. The Bertz CT molecular complexity index is 782. The number of nitrogens with two attached hydrogens (primary N) is 1. The molecule has 1 aliphatic rings. The van der Waals surface area contributed by atoms with Crippen LogP contribution in [0.4, 0.5) is 11.4 Å². The van der Waals surface area contributed by atoms with Gasteiger partial charge in [-0.15, -0.1) is 0 Å². The summed E-state index contributed by atoms with van der Waals surface area (Å²) in [6, 6.07) is 15.1. The number of thioether (sulfide) groups is 1. The number of aryl methyl sites for hydroxylation is 1. The van der Waals surface area contributed by atoms with Gasteiger partial charge in [0.1, 0.15) is 0 Å². The van der Waals surface area contributed by atoms with Crippen LogP contribution in [0.15, 0.2) is 53.4 Å². The first-order valence-electron chi connectivity index (χ1n) is 6.75. The van der Waals surface area contributed by atoms with Crippen LogP contribution in [0.3, 0.4) is 0 Å². The summed E-state index contributed by atoms with van der Waals surface area (Å²) < 4.78 is 0.536. The SMILES string of the molecule is Cc1cccc(/C=C2/SC(=S)N(c3ccc(N)cc3)C2=O)c1. The highest BCUT2D eigenvalue weighted by atomic mass is 32.2. The van der Waals surface area contributed by atoms with Crippen molar-refractivity contribution in [1.29, 1.82) is 0 Å². The summed E-state index contributed by atoms with van der Waals surface area (Å²) in [4.78, 5) is 14.8. The molecule has 0 atom stereocenters. The minimum Gasteiger partial charge on any atom is -0.399 e. The fourth-order valence-corrected chi connectivity index (χ4v) is 3.52. The number of nitrogen functional groups attached to an aromatic ring is 1. The fourth-order valence-electron chi connectivity index (χ4n) is 2.22. The highest BCUT2D eigenvalue weighted by Gasteiger charge is 2.33. The third-order valence-corrected chi connectivity index (χ3v) is 4.59. The molecule has 0 aromatic heterocycles. The zero-order chi connectivity index (χ0) is 15.7. The zero-order valence-corrected chi connectivity index (χ0v) is 13.6. The Morgan fingerprint density at radius 2 is 1.91 bits per heavy atom. The minimum absolute atomic E-state index is 0.0960. The average Bonchev–Trinajstić information content (AvgIpc) is 2.75. The molecule has 22 heavy (non-hydrogen) atoms. The van der Waals surface area contributed by atoms with Crippen LogP contribution in [-0.2, 0) is 4.79 Å². The van der Waals surface area contributed by atoms with Crippen molar-refractivity contribution in [3.63, 3.8) is 0 Å². The Morgan fingerprint density at radius 1 is 1.18 bits per heavy atom. The molecule has 2 N–H and O–H groups in total. The van der Waals surface area contributed by atoms with Crippen molar-refractivity contribution in [2.45, 2.75) is 6.92 Å². The number of hydrogen-bond donors (Lipinski definition) is 1. The molecule has 2 aromatic rings. The van der Waals surface area contributed by atoms with Crippen LogP contribution in [0.5, 0.6) is 0 Å². The molecule has 0 unspecified atom stereocenters. The quantitative estimate of drug-likeness (QED) is 0.515. The Hall–Kier alpha value is -2.11. The molecule has 3 nitrogen and oxygen atoms in total. The van der Waals surface area contributed by atoms with Crippen LogP contribution in [0.2, 0.25) is 0 Å². The maximum atomic E-state index is 12.6. The maximum absolute atomic E-state index is 12.6. The lowest BCUT2D eigenvalue weighted by Gasteiger charge is -2.14. The molecule has 1 saturated heterocycles. The number of anilines is 2. The molecule has 0 saturated carbocycles. The lowest BCUT2D eigenvalue weighted by Crippen LogP contribution is -2.27. The van der Waals surface area contributed by atoms with E-state index in [1.807, 2.05) is 37.3 Å². The summed E-state index contributed by atoms with van der Waals surface area (Å²) in [6.45, 7) is 2.02. The monoisotopic (exact) mass is 326 g/mol. The summed E-state index contributed by atoms with van der Waals surface area (Å²) >= 11 is 6.67. The zero-order valence-electron chi connectivity index (χ0n) is 11.9. The number of hydrogen-bond acceptors (Lipinski definition) is 4. The van der Waals surface area contributed by atoms with E-state index < -0.39 is 0 Å². The lowest BCUT2D eigenvalue weighted by molar-refractivity contribution is -0.113. The van der Waals surface area contributed by atoms with Crippen molar-refractivity contribution in [2.24, 2.45) is 0 Å². The highest BCUT2D eigenvalue weighted by molar-refractivity contribution is 8.27. The van der Waals surface area contributed by atoms with Gasteiger partial charge in [0.15, 0.2) is 4.32 Å². The van der Waals surface area contributed by atoms with Gasteiger partial charge in [-0.2, -0.15) is 0 Å². The molecular formula is C17H14N2OS2. The molecule has 0 aliphatic carbocycles. The Labute approximate surface area is 138 Å². The Balaban J connectivity index is 1.93. The van der Waals surface area contributed by atoms with E-state index in [9.17, 15) is 4.79 Å². The van der Waals surface area contributed by atoms with Crippen molar-refractivity contribution in [1.82, 2.24) is 0 Å². The largest absolute Gasteiger partial charge is 0.399 e. The number of amides is 1. The first-order chi connectivity index (χ1) is 10.5. The van der Waals surface area contributed by atoms with E-state index in [4.69, 9.17) is 18.0 Å². The van der Waals surface area contributed by atoms with Gasteiger partial charge in [-0.05, 0) is 42.8 Å². The van der Waals surface area contributed by atoms with Crippen molar-refractivity contribution in [3.05, 3.63) is 64.6 Å². The van der Waals surface area contributed by atoms with Crippen LogP contribution >= 0.6 is 24.0 Å². The van der Waals surface area contributed by atoms with E-state index in [1.54, 1.807) is 29.2 Å².